The molecule has 1 amide bonds. The number of hydrogen-bond acceptors (Lipinski definition) is 3. The van der Waals surface area contributed by atoms with Crippen molar-refractivity contribution in [2.45, 2.75) is 19.8 Å². The molecule has 0 saturated carbocycles. The van der Waals surface area contributed by atoms with E-state index in [1.54, 1.807) is 30.3 Å². The molecule has 0 heterocycles. The fourth-order valence-electron chi connectivity index (χ4n) is 1.90. The third kappa shape index (κ3) is 5.95. The molecule has 0 fully saturated rings. The lowest BCUT2D eigenvalue weighted by Gasteiger charge is -2.10. The van der Waals surface area contributed by atoms with Crippen LogP contribution in [0.2, 0.25) is 10.0 Å². The predicted octanol–water partition coefficient (Wildman–Crippen LogP) is 5.19. The molecule has 0 unspecified atom stereocenters. The smallest absolute Gasteiger partial charge is 0.262 e. The highest BCUT2D eigenvalue weighted by molar-refractivity contribution is 6.34. The van der Waals surface area contributed by atoms with Gasteiger partial charge in [0.05, 0.1) is 11.6 Å². The van der Waals surface area contributed by atoms with E-state index in [9.17, 15) is 4.79 Å². The zero-order valence-electron chi connectivity index (χ0n) is 13.4. The highest BCUT2D eigenvalue weighted by atomic mass is 35.5. The van der Waals surface area contributed by atoms with Gasteiger partial charge in [-0.2, -0.15) is 0 Å². The van der Waals surface area contributed by atoms with Gasteiger partial charge in [-0.3, -0.25) is 4.79 Å². The molecular weight excluding hydrogens is 349 g/mol. The Hall–Kier alpha value is -1.91. The van der Waals surface area contributed by atoms with Crippen LogP contribution in [0.4, 0.5) is 5.69 Å². The minimum absolute atomic E-state index is 0.158. The molecule has 0 saturated heterocycles. The molecule has 0 bridgehead atoms. The van der Waals surface area contributed by atoms with Gasteiger partial charge in [-0.05, 0) is 42.8 Å². The van der Waals surface area contributed by atoms with E-state index in [1.807, 2.05) is 12.1 Å². The number of rotatable bonds is 8. The van der Waals surface area contributed by atoms with E-state index in [-0.39, 0.29) is 12.5 Å². The van der Waals surface area contributed by atoms with Gasteiger partial charge < -0.3 is 14.8 Å². The Labute approximate surface area is 151 Å². The maximum absolute atomic E-state index is 11.9. The van der Waals surface area contributed by atoms with Crippen molar-refractivity contribution in [3.63, 3.8) is 0 Å². The van der Waals surface area contributed by atoms with Crippen LogP contribution < -0.4 is 14.8 Å². The molecule has 0 atom stereocenters. The highest BCUT2D eigenvalue weighted by Crippen LogP contribution is 2.27. The summed E-state index contributed by atoms with van der Waals surface area (Å²) >= 11 is 11.9. The van der Waals surface area contributed by atoms with Gasteiger partial charge in [-0.25, -0.2) is 0 Å². The van der Waals surface area contributed by atoms with Gasteiger partial charge in [-0.15, -0.1) is 0 Å². The van der Waals surface area contributed by atoms with Crippen LogP contribution in [-0.2, 0) is 4.79 Å². The zero-order valence-corrected chi connectivity index (χ0v) is 14.9. The Kier molecular flexibility index (Phi) is 7.22. The summed E-state index contributed by atoms with van der Waals surface area (Å²) in [5.41, 5.74) is 0.670. The van der Waals surface area contributed by atoms with Crippen molar-refractivity contribution in [1.82, 2.24) is 0 Å². The number of carbonyl (C=O) groups excluding carboxylic acids is 1. The average molecular weight is 368 g/mol. The second kappa shape index (κ2) is 9.40. The number of carbonyl (C=O) groups is 1. The average Bonchev–Trinajstić information content (AvgIpc) is 2.57. The number of hydrogen-bond donors (Lipinski definition) is 1. The first kappa shape index (κ1) is 18.4. The van der Waals surface area contributed by atoms with Crippen LogP contribution in [0.5, 0.6) is 11.5 Å². The van der Waals surface area contributed by atoms with Crippen molar-refractivity contribution in [1.29, 1.82) is 0 Å². The van der Waals surface area contributed by atoms with Crippen LogP contribution in [-0.4, -0.2) is 19.1 Å². The first-order valence-corrected chi connectivity index (χ1v) is 8.44. The normalized spacial score (nSPS) is 10.3. The van der Waals surface area contributed by atoms with E-state index in [0.717, 1.165) is 18.6 Å². The predicted molar refractivity (Wildman–Crippen MR) is 97.4 cm³/mol. The maximum atomic E-state index is 11.9. The number of nitrogens with one attached hydrogen (secondary N) is 1. The highest BCUT2D eigenvalue weighted by Gasteiger charge is 2.07. The van der Waals surface area contributed by atoms with Crippen LogP contribution in [0, 0.1) is 0 Å². The molecule has 24 heavy (non-hydrogen) atoms. The molecule has 128 valence electrons. The minimum Gasteiger partial charge on any atom is -0.494 e. The number of benzene rings is 2. The topological polar surface area (TPSA) is 47.6 Å². The summed E-state index contributed by atoms with van der Waals surface area (Å²) in [5, 5.41) is 3.64. The van der Waals surface area contributed by atoms with Crippen molar-refractivity contribution in [2.75, 3.05) is 18.5 Å². The summed E-state index contributed by atoms with van der Waals surface area (Å²) < 4.78 is 11.0. The third-order valence-electron chi connectivity index (χ3n) is 3.16. The van der Waals surface area contributed by atoms with Gasteiger partial charge in [0.2, 0.25) is 0 Å². The SMILES string of the molecule is CCCCOc1ccc(NC(=O)COc2cc(Cl)ccc2Cl)cc1. The van der Waals surface area contributed by atoms with Crippen molar-refractivity contribution >= 4 is 34.8 Å². The molecule has 0 radical (unpaired) electrons. The fraction of sp³-hybridized carbons (Fsp3) is 0.278. The van der Waals surface area contributed by atoms with Crippen molar-refractivity contribution < 1.29 is 14.3 Å². The maximum Gasteiger partial charge on any atom is 0.262 e. The summed E-state index contributed by atoms with van der Waals surface area (Å²) in [6.45, 7) is 2.64. The Balaban J connectivity index is 1.82. The molecular formula is C18H19Cl2NO3. The Morgan fingerprint density at radius 2 is 1.83 bits per heavy atom. The van der Waals surface area contributed by atoms with E-state index in [2.05, 4.69) is 12.2 Å². The Morgan fingerprint density at radius 3 is 2.54 bits per heavy atom. The molecule has 0 aliphatic carbocycles. The first-order valence-electron chi connectivity index (χ1n) is 7.69. The van der Waals surface area contributed by atoms with Crippen molar-refractivity contribution in [2.24, 2.45) is 0 Å². The van der Waals surface area contributed by atoms with Crippen molar-refractivity contribution in [3.05, 3.63) is 52.5 Å². The minimum atomic E-state index is -0.286. The number of anilines is 1. The summed E-state index contributed by atoms with van der Waals surface area (Å²) in [6.07, 6.45) is 2.10. The number of ether oxygens (including phenoxy) is 2. The summed E-state index contributed by atoms with van der Waals surface area (Å²) in [6, 6.07) is 12.0. The Morgan fingerprint density at radius 1 is 1.08 bits per heavy atom. The van der Waals surface area contributed by atoms with E-state index in [4.69, 9.17) is 32.7 Å². The van der Waals surface area contributed by atoms with Crippen LogP contribution in [0.3, 0.4) is 0 Å². The van der Waals surface area contributed by atoms with E-state index in [0.29, 0.717) is 28.1 Å². The molecule has 0 aromatic heterocycles. The number of amides is 1. The van der Waals surface area contributed by atoms with E-state index < -0.39 is 0 Å². The lowest BCUT2D eigenvalue weighted by molar-refractivity contribution is -0.118. The van der Waals surface area contributed by atoms with Gasteiger partial charge in [-0.1, -0.05) is 36.5 Å². The molecule has 6 heteroatoms. The first-order chi connectivity index (χ1) is 11.6. The standard InChI is InChI=1S/C18H19Cl2NO3/c1-2-3-10-23-15-7-5-14(6-8-15)21-18(22)12-24-17-11-13(19)4-9-16(17)20/h4-9,11H,2-3,10,12H2,1H3,(H,21,22). The van der Waals surface area contributed by atoms with Gasteiger partial charge in [0.25, 0.3) is 5.91 Å². The van der Waals surface area contributed by atoms with Gasteiger partial charge >= 0.3 is 0 Å². The Bertz CT molecular complexity index is 674. The fourth-order valence-corrected chi connectivity index (χ4v) is 2.23. The van der Waals surface area contributed by atoms with Gasteiger partial charge in [0.15, 0.2) is 6.61 Å². The monoisotopic (exact) mass is 367 g/mol. The lowest BCUT2D eigenvalue weighted by atomic mass is 10.3. The molecule has 0 aliphatic heterocycles. The largest absolute Gasteiger partial charge is 0.494 e. The molecule has 4 nitrogen and oxygen atoms in total. The van der Waals surface area contributed by atoms with Crippen LogP contribution >= 0.6 is 23.2 Å². The number of unbranched alkanes of at least 4 members (excludes halogenated alkanes) is 1. The molecule has 0 spiro atoms. The third-order valence-corrected chi connectivity index (χ3v) is 3.70. The molecule has 1 N–H and O–H groups in total. The molecule has 0 aliphatic rings. The second-order valence-electron chi connectivity index (χ2n) is 5.14. The molecule has 2 aromatic rings. The van der Waals surface area contributed by atoms with Crippen LogP contribution in [0.15, 0.2) is 42.5 Å². The number of halogens is 2. The van der Waals surface area contributed by atoms with Crippen LogP contribution in [0.1, 0.15) is 19.8 Å². The summed E-state index contributed by atoms with van der Waals surface area (Å²) in [4.78, 5) is 11.9. The van der Waals surface area contributed by atoms with Crippen LogP contribution in [0.25, 0.3) is 0 Å². The van der Waals surface area contributed by atoms with Gasteiger partial charge in [0, 0.05) is 16.8 Å². The second-order valence-corrected chi connectivity index (χ2v) is 5.98. The zero-order chi connectivity index (χ0) is 17.4. The summed E-state index contributed by atoms with van der Waals surface area (Å²) in [5.74, 6) is 0.869. The van der Waals surface area contributed by atoms with Crippen molar-refractivity contribution in [3.8, 4) is 11.5 Å². The lowest BCUT2D eigenvalue weighted by Crippen LogP contribution is -2.20. The van der Waals surface area contributed by atoms with Gasteiger partial charge in [0.1, 0.15) is 11.5 Å². The summed E-state index contributed by atoms with van der Waals surface area (Å²) in [7, 11) is 0. The van der Waals surface area contributed by atoms with E-state index in [1.165, 1.54) is 0 Å². The molecule has 2 aromatic carbocycles. The van der Waals surface area contributed by atoms with E-state index >= 15 is 0 Å². The quantitative estimate of drug-likeness (QED) is 0.653. The molecule has 2 rings (SSSR count).